The highest BCUT2D eigenvalue weighted by atomic mass is 16.3. The predicted molar refractivity (Wildman–Crippen MR) is 66.2 cm³/mol. The number of allylic oxidation sites excluding steroid dienone is 3. The van der Waals surface area contributed by atoms with Gasteiger partial charge in [-0.2, -0.15) is 0 Å². The molecule has 1 fully saturated rings. The van der Waals surface area contributed by atoms with Crippen LogP contribution in [0.2, 0.25) is 0 Å². The van der Waals surface area contributed by atoms with Crippen molar-refractivity contribution in [3.05, 3.63) is 36.5 Å². The molecule has 0 saturated carbocycles. The Bertz CT molecular complexity index is 284. The Kier molecular flexibility index (Phi) is 5.46. The molecular weight excluding hydrogens is 202 g/mol. The van der Waals surface area contributed by atoms with Crippen LogP contribution in [0.4, 0.5) is 0 Å². The Labute approximate surface area is 97.4 Å². The van der Waals surface area contributed by atoms with Crippen LogP contribution in [0.3, 0.4) is 0 Å². The third-order valence-electron chi connectivity index (χ3n) is 2.85. The number of likely N-dealkylation sites (tertiary alicyclic amines) is 1. The SMILES string of the molecule is C=C/C=C\C(=C/C)CN1CCC(O)C(O)C1. The highest BCUT2D eigenvalue weighted by Crippen LogP contribution is 2.13. The van der Waals surface area contributed by atoms with Crippen LogP contribution in [0.25, 0.3) is 0 Å². The fourth-order valence-corrected chi connectivity index (χ4v) is 1.82. The van der Waals surface area contributed by atoms with Crippen LogP contribution in [0.15, 0.2) is 36.5 Å². The summed E-state index contributed by atoms with van der Waals surface area (Å²) in [4.78, 5) is 2.15. The third kappa shape index (κ3) is 3.93. The van der Waals surface area contributed by atoms with E-state index in [2.05, 4.69) is 17.6 Å². The summed E-state index contributed by atoms with van der Waals surface area (Å²) in [7, 11) is 0. The molecule has 1 saturated heterocycles. The van der Waals surface area contributed by atoms with E-state index in [-0.39, 0.29) is 0 Å². The maximum absolute atomic E-state index is 9.56. The number of aliphatic hydroxyl groups is 2. The normalized spacial score (nSPS) is 28.6. The summed E-state index contributed by atoms with van der Waals surface area (Å²) < 4.78 is 0. The van der Waals surface area contributed by atoms with Crippen molar-refractivity contribution in [2.24, 2.45) is 0 Å². The van der Waals surface area contributed by atoms with Crippen molar-refractivity contribution in [3.63, 3.8) is 0 Å². The lowest BCUT2D eigenvalue weighted by Gasteiger charge is -2.33. The summed E-state index contributed by atoms with van der Waals surface area (Å²) in [6, 6.07) is 0. The van der Waals surface area contributed by atoms with E-state index in [9.17, 15) is 10.2 Å². The first-order chi connectivity index (χ1) is 7.67. The number of β-amino-alcohol motifs (C(OH)–C–C–N with tert-alkyl or cyclic N) is 1. The third-order valence-corrected chi connectivity index (χ3v) is 2.85. The second-order valence-corrected chi connectivity index (χ2v) is 4.12. The van der Waals surface area contributed by atoms with Crippen LogP contribution < -0.4 is 0 Å². The molecule has 3 nitrogen and oxygen atoms in total. The molecule has 2 atom stereocenters. The quantitative estimate of drug-likeness (QED) is 0.702. The molecule has 1 heterocycles. The molecule has 0 aromatic rings. The highest BCUT2D eigenvalue weighted by Gasteiger charge is 2.25. The summed E-state index contributed by atoms with van der Waals surface area (Å²) in [5.74, 6) is 0. The molecule has 3 heteroatoms. The van der Waals surface area contributed by atoms with Crippen LogP contribution >= 0.6 is 0 Å². The van der Waals surface area contributed by atoms with E-state index < -0.39 is 12.2 Å². The molecule has 2 N–H and O–H groups in total. The zero-order valence-corrected chi connectivity index (χ0v) is 9.84. The van der Waals surface area contributed by atoms with Crippen LogP contribution in [0, 0.1) is 0 Å². The molecular formula is C13H21NO2. The fourth-order valence-electron chi connectivity index (χ4n) is 1.82. The minimum atomic E-state index is -0.616. The van der Waals surface area contributed by atoms with Gasteiger partial charge >= 0.3 is 0 Å². The maximum Gasteiger partial charge on any atom is 0.0926 e. The minimum Gasteiger partial charge on any atom is -0.390 e. The van der Waals surface area contributed by atoms with Gasteiger partial charge in [0.2, 0.25) is 0 Å². The van der Waals surface area contributed by atoms with Crippen molar-refractivity contribution in [3.8, 4) is 0 Å². The molecule has 0 aromatic carbocycles. The Hall–Kier alpha value is -0.900. The van der Waals surface area contributed by atoms with Gasteiger partial charge in [0.15, 0.2) is 0 Å². The van der Waals surface area contributed by atoms with Gasteiger partial charge in [0.1, 0.15) is 0 Å². The first kappa shape index (κ1) is 13.2. The second kappa shape index (κ2) is 6.63. The van der Waals surface area contributed by atoms with Crippen LogP contribution in [-0.4, -0.2) is 47.0 Å². The Morgan fingerprint density at radius 1 is 1.44 bits per heavy atom. The smallest absolute Gasteiger partial charge is 0.0926 e. The summed E-state index contributed by atoms with van der Waals surface area (Å²) >= 11 is 0. The van der Waals surface area contributed by atoms with Gasteiger partial charge in [0.05, 0.1) is 12.2 Å². The number of rotatable bonds is 4. The summed E-state index contributed by atoms with van der Waals surface area (Å²) in [5.41, 5.74) is 1.20. The van der Waals surface area contributed by atoms with E-state index in [4.69, 9.17) is 0 Å². The van der Waals surface area contributed by atoms with Crippen LogP contribution in [0.1, 0.15) is 13.3 Å². The lowest BCUT2D eigenvalue weighted by molar-refractivity contribution is -0.0358. The van der Waals surface area contributed by atoms with E-state index in [0.29, 0.717) is 13.0 Å². The van der Waals surface area contributed by atoms with Crippen molar-refractivity contribution in [1.29, 1.82) is 0 Å². The average molecular weight is 223 g/mol. The zero-order valence-electron chi connectivity index (χ0n) is 9.84. The Morgan fingerprint density at radius 3 is 2.75 bits per heavy atom. The van der Waals surface area contributed by atoms with E-state index in [0.717, 1.165) is 13.1 Å². The monoisotopic (exact) mass is 223 g/mol. The number of piperidine rings is 1. The molecule has 0 aliphatic carbocycles. The molecule has 16 heavy (non-hydrogen) atoms. The number of hydrogen-bond donors (Lipinski definition) is 2. The van der Waals surface area contributed by atoms with Crippen LogP contribution in [0.5, 0.6) is 0 Å². The molecule has 1 aliphatic heterocycles. The summed E-state index contributed by atoms with van der Waals surface area (Å²) in [6.45, 7) is 7.82. The van der Waals surface area contributed by atoms with Crippen molar-refractivity contribution < 1.29 is 10.2 Å². The Balaban J connectivity index is 2.47. The topological polar surface area (TPSA) is 43.7 Å². The van der Waals surface area contributed by atoms with Gasteiger partial charge in [0.25, 0.3) is 0 Å². The molecule has 0 aromatic heterocycles. The van der Waals surface area contributed by atoms with Gasteiger partial charge in [-0.3, -0.25) is 4.90 Å². The van der Waals surface area contributed by atoms with Crippen molar-refractivity contribution in [2.45, 2.75) is 25.6 Å². The predicted octanol–water partition coefficient (Wildman–Crippen LogP) is 1.10. The minimum absolute atomic E-state index is 0.542. The molecule has 0 spiro atoms. The molecule has 0 radical (unpaired) electrons. The second-order valence-electron chi connectivity index (χ2n) is 4.12. The standard InChI is InChI=1S/C13H21NO2/c1-3-5-6-11(4-2)9-14-8-7-12(15)13(16)10-14/h3-6,12-13,15-16H,1,7-10H2,2H3/b6-5-,11-4+. The van der Waals surface area contributed by atoms with Gasteiger partial charge in [0, 0.05) is 19.6 Å². The van der Waals surface area contributed by atoms with Gasteiger partial charge in [-0.1, -0.05) is 30.9 Å². The first-order valence-corrected chi connectivity index (χ1v) is 5.70. The number of nitrogens with zero attached hydrogens (tertiary/aromatic N) is 1. The maximum atomic E-state index is 9.56. The van der Waals surface area contributed by atoms with Gasteiger partial charge in [-0.15, -0.1) is 0 Å². The Morgan fingerprint density at radius 2 is 2.19 bits per heavy atom. The van der Waals surface area contributed by atoms with E-state index >= 15 is 0 Å². The van der Waals surface area contributed by atoms with E-state index in [1.165, 1.54) is 5.57 Å². The molecule has 0 bridgehead atoms. The molecule has 90 valence electrons. The summed E-state index contributed by atoms with van der Waals surface area (Å²) in [6.07, 6.45) is 7.19. The number of hydrogen-bond acceptors (Lipinski definition) is 3. The summed E-state index contributed by atoms with van der Waals surface area (Å²) in [5, 5.41) is 19.0. The molecule has 2 unspecified atom stereocenters. The zero-order chi connectivity index (χ0) is 12.0. The lowest BCUT2D eigenvalue weighted by Crippen LogP contribution is -2.47. The van der Waals surface area contributed by atoms with Gasteiger partial charge < -0.3 is 10.2 Å². The van der Waals surface area contributed by atoms with Crippen molar-refractivity contribution in [1.82, 2.24) is 4.90 Å². The van der Waals surface area contributed by atoms with Gasteiger partial charge in [-0.25, -0.2) is 0 Å². The molecule has 0 amide bonds. The molecule has 1 aliphatic rings. The number of aliphatic hydroxyl groups excluding tert-OH is 2. The van der Waals surface area contributed by atoms with E-state index in [1.54, 1.807) is 6.08 Å². The van der Waals surface area contributed by atoms with Crippen LogP contribution in [-0.2, 0) is 0 Å². The average Bonchev–Trinajstić information content (AvgIpc) is 2.29. The lowest BCUT2D eigenvalue weighted by atomic mass is 10.0. The van der Waals surface area contributed by atoms with Gasteiger partial charge in [-0.05, 0) is 18.9 Å². The van der Waals surface area contributed by atoms with Crippen molar-refractivity contribution >= 4 is 0 Å². The fraction of sp³-hybridized carbons (Fsp3) is 0.538. The largest absolute Gasteiger partial charge is 0.390 e. The highest BCUT2D eigenvalue weighted by molar-refractivity contribution is 5.22. The molecule has 1 rings (SSSR count). The first-order valence-electron chi connectivity index (χ1n) is 5.70. The van der Waals surface area contributed by atoms with E-state index in [1.807, 2.05) is 19.1 Å². The van der Waals surface area contributed by atoms with Crippen molar-refractivity contribution in [2.75, 3.05) is 19.6 Å².